The molecular weight excluding hydrogens is 363 g/mol. The van der Waals surface area contributed by atoms with Gasteiger partial charge in [-0.25, -0.2) is 22.7 Å². The number of carboxylic acids is 1. The Labute approximate surface area is 149 Å². The van der Waals surface area contributed by atoms with Crippen LogP contribution in [0.4, 0.5) is 10.1 Å². The van der Waals surface area contributed by atoms with E-state index in [0.717, 1.165) is 18.9 Å². The van der Waals surface area contributed by atoms with Gasteiger partial charge in [0.05, 0.1) is 11.3 Å². The summed E-state index contributed by atoms with van der Waals surface area (Å²) in [5.74, 6) is -1.60. The van der Waals surface area contributed by atoms with E-state index in [2.05, 4.69) is 0 Å². The van der Waals surface area contributed by atoms with Crippen LogP contribution in [0.2, 0.25) is 0 Å². The molecule has 0 aromatic heterocycles. The van der Waals surface area contributed by atoms with Crippen molar-refractivity contribution in [3.8, 4) is 11.5 Å². The Morgan fingerprint density at radius 3 is 2.31 bits per heavy atom. The van der Waals surface area contributed by atoms with Crippen LogP contribution < -0.4 is 14.8 Å². The van der Waals surface area contributed by atoms with Crippen molar-refractivity contribution in [1.29, 1.82) is 0 Å². The summed E-state index contributed by atoms with van der Waals surface area (Å²) in [6.07, 6.45) is 1.77. The van der Waals surface area contributed by atoms with E-state index >= 15 is 0 Å². The van der Waals surface area contributed by atoms with Crippen LogP contribution in [0.1, 0.15) is 23.2 Å². The second kappa shape index (κ2) is 6.93. The summed E-state index contributed by atoms with van der Waals surface area (Å²) in [6, 6.07) is 7.37. The average molecular weight is 380 g/mol. The molecule has 9 heteroatoms. The van der Waals surface area contributed by atoms with Gasteiger partial charge >= 0.3 is 5.97 Å². The molecule has 0 spiro atoms. The Balaban J connectivity index is 2.20. The molecular formula is C17H17FN2O5S. The fourth-order valence-electron chi connectivity index (χ4n) is 2.84. The molecule has 2 aromatic carbocycles. The number of anilines is 1. The number of carbonyl (C=O) groups is 1. The normalized spacial score (nSPS) is 14.5. The third-order valence-electron chi connectivity index (χ3n) is 4.07. The van der Waals surface area contributed by atoms with Gasteiger partial charge in [0.2, 0.25) is 10.0 Å². The molecule has 1 aliphatic heterocycles. The van der Waals surface area contributed by atoms with Crippen molar-refractivity contribution in [2.45, 2.75) is 17.7 Å². The van der Waals surface area contributed by atoms with Gasteiger partial charge in [0.1, 0.15) is 16.5 Å². The van der Waals surface area contributed by atoms with E-state index in [1.807, 2.05) is 4.90 Å². The van der Waals surface area contributed by atoms with Crippen LogP contribution in [-0.2, 0) is 10.0 Å². The third kappa shape index (κ3) is 3.78. The predicted octanol–water partition coefficient (Wildman–Crippen LogP) is 2.56. The van der Waals surface area contributed by atoms with Crippen molar-refractivity contribution in [2.75, 3.05) is 18.0 Å². The quantitative estimate of drug-likeness (QED) is 0.825. The molecule has 0 saturated carbocycles. The zero-order valence-corrected chi connectivity index (χ0v) is 14.5. The van der Waals surface area contributed by atoms with Crippen LogP contribution in [0.15, 0.2) is 41.3 Å². The van der Waals surface area contributed by atoms with E-state index in [0.29, 0.717) is 18.8 Å². The fourth-order valence-corrected chi connectivity index (χ4v) is 3.53. The molecule has 138 valence electrons. The second-order valence-electron chi connectivity index (χ2n) is 5.92. The van der Waals surface area contributed by atoms with E-state index in [9.17, 15) is 22.7 Å². The van der Waals surface area contributed by atoms with Gasteiger partial charge in [0.15, 0.2) is 5.75 Å². The van der Waals surface area contributed by atoms with Crippen molar-refractivity contribution in [3.05, 3.63) is 47.8 Å². The second-order valence-corrected chi connectivity index (χ2v) is 7.45. The van der Waals surface area contributed by atoms with Crippen molar-refractivity contribution >= 4 is 21.7 Å². The molecule has 0 amide bonds. The van der Waals surface area contributed by atoms with E-state index in [4.69, 9.17) is 9.88 Å². The Kier molecular flexibility index (Phi) is 4.84. The van der Waals surface area contributed by atoms with Crippen molar-refractivity contribution in [2.24, 2.45) is 5.14 Å². The fraction of sp³-hybridized carbons (Fsp3) is 0.235. The van der Waals surface area contributed by atoms with Crippen LogP contribution in [-0.4, -0.2) is 32.6 Å². The molecule has 0 radical (unpaired) electrons. The highest BCUT2D eigenvalue weighted by Crippen LogP contribution is 2.40. The monoisotopic (exact) mass is 380 g/mol. The highest BCUT2D eigenvalue weighted by atomic mass is 32.2. The molecule has 0 unspecified atom stereocenters. The number of benzene rings is 2. The van der Waals surface area contributed by atoms with E-state index < -0.39 is 26.7 Å². The molecule has 3 rings (SSSR count). The Morgan fingerprint density at radius 2 is 1.77 bits per heavy atom. The van der Waals surface area contributed by atoms with Gasteiger partial charge in [0.25, 0.3) is 0 Å². The summed E-state index contributed by atoms with van der Waals surface area (Å²) in [6.45, 7) is 1.26. The summed E-state index contributed by atoms with van der Waals surface area (Å²) >= 11 is 0. The number of sulfonamides is 1. The van der Waals surface area contributed by atoms with Crippen LogP contribution in [0.25, 0.3) is 0 Å². The van der Waals surface area contributed by atoms with Gasteiger partial charge in [-0.1, -0.05) is 0 Å². The van der Waals surface area contributed by atoms with E-state index in [1.165, 1.54) is 30.3 Å². The minimum Gasteiger partial charge on any atom is -0.478 e. The van der Waals surface area contributed by atoms with Crippen LogP contribution in [0, 0.1) is 5.82 Å². The van der Waals surface area contributed by atoms with Gasteiger partial charge in [-0.05, 0) is 49.2 Å². The number of hydrogen-bond donors (Lipinski definition) is 2. The third-order valence-corrected chi connectivity index (χ3v) is 4.99. The number of ether oxygens (including phenoxy) is 1. The zero-order chi connectivity index (χ0) is 18.9. The first-order chi connectivity index (χ1) is 12.3. The summed E-state index contributed by atoms with van der Waals surface area (Å²) in [4.78, 5) is 12.8. The minimum absolute atomic E-state index is 0.0639. The smallest absolute Gasteiger partial charge is 0.335 e. The first kappa shape index (κ1) is 18.2. The molecule has 26 heavy (non-hydrogen) atoms. The van der Waals surface area contributed by atoms with Crippen molar-refractivity contribution in [3.63, 3.8) is 0 Å². The topological polar surface area (TPSA) is 110 Å². The molecule has 0 atom stereocenters. The number of hydrogen-bond acceptors (Lipinski definition) is 5. The molecule has 2 aromatic rings. The molecule has 1 fully saturated rings. The lowest BCUT2D eigenvalue weighted by Gasteiger charge is -2.23. The standard InChI is InChI=1S/C17H17FN2O5S/c18-12-3-5-13(6-4-12)25-16-14(20-7-1-2-8-20)9-11(17(21)22)10-15(16)26(19,23)24/h3-6,9-10H,1-2,7-8H2,(H,21,22)(H2,19,23,24). The van der Waals surface area contributed by atoms with Crippen LogP contribution >= 0.6 is 0 Å². The Bertz CT molecular complexity index is 938. The molecule has 3 N–H and O–H groups in total. The number of nitrogens with two attached hydrogens (primary N) is 1. The molecule has 0 bridgehead atoms. The van der Waals surface area contributed by atoms with Crippen LogP contribution in [0.5, 0.6) is 11.5 Å². The Morgan fingerprint density at radius 1 is 1.15 bits per heavy atom. The van der Waals surface area contributed by atoms with Gasteiger partial charge in [-0.2, -0.15) is 0 Å². The number of halogens is 1. The lowest BCUT2D eigenvalue weighted by atomic mass is 10.1. The molecule has 7 nitrogen and oxygen atoms in total. The maximum Gasteiger partial charge on any atom is 0.335 e. The van der Waals surface area contributed by atoms with Gasteiger partial charge in [-0.3, -0.25) is 0 Å². The number of primary sulfonamides is 1. The molecule has 0 aliphatic carbocycles. The summed E-state index contributed by atoms with van der Waals surface area (Å²) in [7, 11) is -4.26. The van der Waals surface area contributed by atoms with E-state index in [-0.39, 0.29) is 17.1 Å². The lowest BCUT2D eigenvalue weighted by molar-refractivity contribution is 0.0696. The van der Waals surface area contributed by atoms with Gasteiger partial charge in [0, 0.05) is 13.1 Å². The minimum atomic E-state index is -4.26. The Hall–Kier alpha value is -2.65. The predicted molar refractivity (Wildman–Crippen MR) is 92.7 cm³/mol. The summed E-state index contributed by atoms with van der Waals surface area (Å²) in [5, 5.41) is 14.6. The highest BCUT2D eigenvalue weighted by Gasteiger charge is 2.27. The SMILES string of the molecule is NS(=O)(=O)c1cc(C(=O)O)cc(N2CCCC2)c1Oc1ccc(F)cc1. The van der Waals surface area contributed by atoms with Crippen molar-refractivity contribution in [1.82, 2.24) is 0 Å². The van der Waals surface area contributed by atoms with Gasteiger partial charge < -0.3 is 14.7 Å². The highest BCUT2D eigenvalue weighted by molar-refractivity contribution is 7.89. The maximum absolute atomic E-state index is 13.1. The van der Waals surface area contributed by atoms with Gasteiger partial charge in [-0.15, -0.1) is 0 Å². The number of rotatable bonds is 5. The number of nitrogens with zero attached hydrogens (tertiary/aromatic N) is 1. The summed E-state index contributed by atoms with van der Waals surface area (Å²) in [5.41, 5.74) is 0.123. The molecule has 1 aliphatic rings. The number of aromatic carboxylic acids is 1. The first-order valence-electron chi connectivity index (χ1n) is 7.88. The molecule has 1 heterocycles. The lowest BCUT2D eigenvalue weighted by Crippen LogP contribution is -2.21. The first-order valence-corrected chi connectivity index (χ1v) is 9.43. The average Bonchev–Trinajstić information content (AvgIpc) is 3.10. The van der Waals surface area contributed by atoms with Crippen molar-refractivity contribution < 1.29 is 27.4 Å². The molecule has 1 saturated heterocycles. The van der Waals surface area contributed by atoms with E-state index in [1.54, 1.807) is 0 Å². The number of carboxylic acid groups (broad SMARTS) is 1. The van der Waals surface area contributed by atoms with Crippen LogP contribution in [0.3, 0.4) is 0 Å². The maximum atomic E-state index is 13.1. The zero-order valence-electron chi connectivity index (χ0n) is 13.7. The summed E-state index contributed by atoms with van der Waals surface area (Å²) < 4.78 is 43.0. The largest absolute Gasteiger partial charge is 0.478 e.